The van der Waals surface area contributed by atoms with Crippen LogP contribution in [0, 0.1) is 5.95 Å². The van der Waals surface area contributed by atoms with Crippen LogP contribution in [0.15, 0.2) is 42.5 Å². The number of hydrogen-bond donors (Lipinski definition) is 1. The number of benzene rings is 2. The molecule has 2 aromatic carbocycles. The second-order valence-corrected chi connectivity index (χ2v) is 7.00. The van der Waals surface area contributed by atoms with Crippen molar-refractivity contribution >= 4 is 16.9 Å². The van der Waals surface area contributed by atoms with E-state index in [1.807, 2.05) is 63.2 Å². The van der Waals surface area contributed by atoms with Crippen LogP contribution in [-0.4, -0.2) is 20.9 Å². The largest absolute Gasteiger partial charge is 0.489 e. The molecule has 1 N–H and O–H groups in total. The second kappa shape index (κ2) is 7.78. The molecule has 0 aliphatic rings. The summed E-state index contributed by atoms with van der Waals surface area (Å²) in [5, 5.41) is 13.4. The maximum atomic E-state index is 14.4. The van der Waals surface area contributed by atoms with Crippen LogP contribution < -0.4 is 4.74 Å². The van der Waals surface area contributed by atoms with Gasteiger partial charge in [-0.15, -0.1) is 5.10 Å². The Morgan fingerprint density at radius 2 is 1.89 bits per heavy atom. The van der Waals surface area contributed by atoms with E-state index in [2.05, 4.69) is 5.10 Å². The van der Waals surface area contributed by atoms with E-state index in [4.69, 9.17) is 9.84 Å². The van der Waals surface area contributed by atoms with Gasteiger partial charge in [-0.25, -0.2) is 0 Å². The molecule has 0 radical (unpaired) electrons. The van der Waals surface area contributed by atoms with Crippen molar-refractivity contribution < 1.29 is 19.0 Å². The highest BCUT2D eigenvalue weighted by molar-refractivity contribution is 5.83. The van der Waals surface area contributed by atoms with Gasteiger partial charge in [0.15, 0.2) is 0 Å². The fourth-order valence-electron chi connectivity index (χ4n) is 3.16. The molecule has 0 fully saturated rings. The van der Waals surface area contributed by atoms with E-state index in [0.29, 0.717) is 11.1 Å². The minimum absolute atomic E-state index is 0.0634. The van der Waals surface area contributed by atoms with Gasteiger partial charge in [0.05, 0.1) is 17.3 Å². The first-order valence-corrected chi connectivity index (χ1v) is 8.97. The maximum Gasteiger partial charge on any atom is 0.303 e. The van der Waals surface area contributed by atoms with Crippen molar-refractivity contribution in [2.75, 3.05) is 0 Å². The van der Waals surface area contributed by atoms with Crippen molar-refractivity contribution in [3.8, 4) is 5.75 Å². The minimum Gasteiger partial charge on any atom is -0.489 e. The summed E-state index contributed by atoms with van der Waals surface area (Å²) < 4.78 is 21.9. The number of nitrogens with zero attached hydrogens (tertiary/aromatic N) is 2. The third-order valence-electron chi connectivity index (χ3n) is 4.59. The zero-order chi connectivity index (χ0) is 19.6. The Bertz CT molecular complexity index is 948. The Morgan fingerprint density at radius 3 is 2.52 bits per heavy atom. The van der Waals surface area contributed by atoms with Gasteiger partial charge in [0.25, 0.3) is 0 Å². The Balaban J connectivity index is 1.76. The minimum atomic E-state index is -0.820. The first kappa shape index (κ1) is 18.9. The number of aliphatic carboxylic acids is 1. The summed E-state index contributed by atoms with van der Waals surface area (Å²) in [7, 11) is 0. The lowest BCUT2D eigenvalue weighted by Crippen LogP contribution is -2.03. The van der Waals surface area contributed by atoms with E-state index in [-0.39, 0.29) is 25.0 Å². The number of fused-ring (bicyclic) bond motifs is 1. The lowest BCUT2D eigenvalue weighted by molar-refractivity contribution is -0.137. The molecule has 0 saturated heterocycles. The molecule has 0 aliphatic heterocycles. The molecule has 0 aliphatic carbocycles. The van der Waals surface area contributed by atoms with Crippen LogP contribution in [-0.2, 0) is 11.4 Å². The third-order valence-corrected chi connectivity index (χ3v) is 4.59. The van der Waals surface area contributed by atoms with Crippen LogP contribution >= 0.6 is 0 Å². The van der Waals surface area contributed by atoms with Gasteiger partial charge in [-0.3, -0.25) is 9.48 Å². The standard InChI is InChI=1S/C21H23FN2O3/c1-13(2)24-18-6-4-5-16(20(18)21(22)23-24)12-27-17-9-7-15(8-10-17)14(3)11-19(25)26/h4-10,13-14H,11-12H2,1-3H3,(H,25,26). The van der Waals surface area contributed by atoms with E-state index in [1.165, 1.54) is 0 Å². The van der Waals surface area contributed by atoms with E-state index in [1.54, 1.807) is 4.68 Å². The molecule has 1 heterocycles. The van der Waals surface area contributed by atoms with Gasteiger partial charge in [-0.1, -0.05) is 31.2 Å². The second-order valence-electron chi connectivity index (χ2n) is 7.00. The highest BCUT2D eigenvalue weighted by Crippen LogP contribution is 2.26. The third kappa shape index (κ3) is 4.10. The molecule has 0 saturated carbocycles. The molecule has 0 amide bonds. The summed E-state index contributed by atoms with van der Waals surface area (Å²) in [5.74, 6) is -0.730. The predicted molar refractivity (Wildman–Crippen MR) is 102 cm³/mol. The predicted octanol–water partition coefficient (Wildman–Crippen LogP) is 4.91. The molecule has 142 valence electrons. The van der Waals surface area contributed by atoms with Crippen molar-refractivity contribution in [1.82, 2.24) is 9.78 Å². The van der Waals surface area contributed by atoms with E-state index in [9.17, 15) is 9.18 Å². The highest BCUT2D eigenvalue weighted by Gasteiger charge is 2.16. The van der Waals surface area contributed by atoms with Crippen LogP contribution in [0.5, 0.6) is 5.75 Å². The van der Waals surface area contributed by atoms with Gasteiger partial charge in [-0.05, 0) is 43.5 Å². The molecule has 3 aromatic rings. The SMILES string of the molecule is CC(CC(=O)O)c1ccc(OCc2cccc3c2c(F)nn3C(C)C)cc1. The number of rotatable bonds is 7. The van der Waals surface area contributed by atoms with Crippen LogP contribution in [0.3, 0.4) is 0 Å². The Hall–Kier alpha value is -2.89. The molecule has 5 nitrogen and oxygen atoms in total. The number of carbonyl (C=O) groups is 1. The van der Waals surface area contributed by atoms with Crippen molar-refractivity contribution in [1.29, 1.82) is 0 Å². The number of halogens is 1. The lowest BCUT2D eigenvalue weighted by Gasteiger charge is -2.12. The summed E-state index contributed by atoms with van der Waals surface area (Å²) in [6.07, 6.45) is 0.0846. The zero-order valence-corrected chi connectivity index (χ0v) is 15.6. The molecular weight excluding hydrogens is 347 g/mol. The number of carboxylic acid groups (broad SMARTS) is 1. The Labute approximate surface area is 157 Å². The summed E-state index contributed by atoms with van der Waals surface area (Å²) in [5.41, 5.74) is 2.43. The summed E-state index contributed by atoms with van der Waals surface area (Å²) in [6, 6.07) is 13.0. The summed E-state index contributed by atoms with van der Waals surface area (Å²) >= 11 is 0. The number of ether oxygens (including phenoxy) is 1. The summed E-state index contributed by atoms with van der Waals surface area (Å²) in [4.78, 5) is 10.8. The molecular formula is C21H23FN2O3. The van der Waals surface area contributed by atoms with Gasteiger partial charge < -0.3 is 9.84 Å². The van der Waals surface area contributed by atoms with Gasteiger partial charge in [-0.2, -0.15) is 4.39 Å². The molecule has 27 heavy (non-hydrogen) atoms. The van der Waals surface area contributed by atoms with Crippen molar-refractivity contribution in [2.24, 2.45) is 0 Å². The quantitative estimate of drug-likeness (QED) is 0.641. The van der Waals surface area contributed by atoms with Crippen molar-refractivity contribution in [3.05, 3.63) is 59.5 Å². The van der Waals surface area contributed by atoms with E-state index in [0.717, 1.165) is 16.6 Å². The normalized spacial score (nSPS) is 12.5. The van der Waals surface area contributed by atoms with Crippen LogP contribution in [0.25, 0.3) is 10.9 Å². The van der Waals surface area contributed by atoms with E-state index >= 15 is 0 Å². The van der Waals surface area contributed by atoms with Crippen LogP contribution in [0.2, 0.25) is 0 Å². The van der Waals surface area contributed by atoms with Gasteiger partial charge in [0.1, 0.15) is 12.4 Å². The molecule has 6 heteroatoms. The van der Waals surface area contributed by atoms with E-state index < -0.39 is 11.9 Å². The first-order valence-electron chi connectivity index (χ1n) is 8.97. The van der Waals surface area contributed by atoms with Crippen LogP contribution in [0.4, 0.5) is 4.39 Å². The van der Waals surface area contributed by atoms with Crippen molar-refractivity contribution in [3.63, 3.8) is 0 Å². The van der Waals surface area contributed by atoms with Gasteiger partial charge in [0.2, 0.25) is 5.95 Å². The Kier molecular flexibility index (Phi) is 5.44. The average molecular weight is 370 g/mol. The molecule has 1 atom stereocenters. The number of hydrogen-bond acceptors (Lipinski definition) is 3. The lowest BCUT2D eigenvalue weighted by atomic mass is 9.98. The average Bonchev–Trinajstić information content (AvgIpc) is 2.97. The molecule has 1 unspecified atom stereocenters. The fourth-order valence-corrected chi connectivity index (χ4v) is 3.16. The summed E-state index contributed by atoms with van der Waals surface area (Å²) in [6.45, 7) is 6.02. The topological polar surface area (TPSA) is 64.3 Å². The van der Waals surface area contributed by atoms with Crippen LogP contribution in [0.1, 0.15) is 50.3 Å². The molecule has 0 bridgehead atoms. The van der Waals surface area contributed by atoms with Gasteiger partial charge in [0, 0.05) is 11.6 Å². The Morgan fingerprint density at radius 1 is 1.19 bits per heavy atom. The monoisotopic (exact) mass is 370 g/mol. The number of carboxylic acids is 1. The maximum absolute atomic E-state index is 14.4. The fraction of sp³-hybridized carbons (Fsp3) is 0.333. The molecule has 1 aromatic heterocycles. The molecule has 3 rings (SSSR count). The number of aromatic nitrogens is 2. The zero-order valence-electron chi connectivity index (χ0n) is 15.6. The first-order chi connectivity index (χ1) is 12.9. The van der Waals surface area contributed by atoms with Gasteiger partial charge >= 0.3 is 5.97 Å². The van der Waals surface area contributed by atoms with Crippen molar-refractivity contribution in [2.45, 2.75) is 45.8 Å². The smallest absolute Gasteiger partial charge is 0.303 e. The highest BCUT2D eigenvalue weighted by atomic mass is 19.1. The molecule has 0 spiro atoms.